The Kier molecular flexibility index (Phi) is 10.9. The van der Waals surface area contributed by atoms with Crippen LogP contribution in [0.2, 0.25) is 0 Å². The molecule has 0 aromatic heterocycles. The van der Waals surface area contributed by atoms with Gasteiger partial charge in [0.2, 0.25) is 5.60 Å². The molecule has 1 atom stereocenters. The Morgan fingerprint density at radius 1 is 0.837 bits per heavy atom. The van der Waals surface area contributed by atoms with Crippen molar-refractivity contribution in [2.45, 2.75) is 57.3 Å². The Labute approximate surface area is 284 Å². The fraction of sp³-hybridized carbons (Fsp3) is 0.308. The summed E-state index contributed by atoms with van der Waals surface area (Å²) >= 11 is 0. The summed E-state index contributed by atoms with van der Waals surface area (Å²) in [6.45, 7) is 6.19. The van der Waals surface area contributed by atoms with E-state index in [0.717, 1.165) is 36.1 Å². The average Bonchev–Trinajstić information content (AvgIpc) is 3.09. The number of ether oxygens (including phenoxy) is 2. The third-order valence-electron chi connectivity index (χ3n) is 8.69. The van der Waals surface area contributed by atoms with Gasteiger partial charge in [0.15, 0.2) is 0 Å². The average molecular weight is 673 g/mol. The van der Waals surface area contributed by atoms with E-state index in [1.54, 1.807) is 31.2 Å². The molecule has 0 aliphatic carbocycles. The minimum Gasteiger partial charge on any atom is -0.463 e. The quantitative estimate of drug-likeness (QED) is 0.170. The first kappa shape index (κ1) is 35.3. The Morgan fingerprint density at radius 3 is 2.06 bits per heavy atom. The number of nitrogens with one attached hydrogen (secondary N) is 1. The zero-order chi connectivity index (χ0) is 35.2. The van der Waals surface area contributed by atoms with E-state index in [0.29, 0.717) is 35.5 Å². The molecular weight excluding hydrogens is 633 g/mol. The maximum atomic E-state index is 13.6. The number of piperidine rings is 1. The van der Waals surface area contributed by atoms with Crippen LogP contribution in [-0.4, -0.2) is 48.0 Å². The summed E-state index contributed by atoms with van der Waals surface area (Å²) in [4.78, 5) is 41.4. The second kappa shape index (κ2) is 15.1. The molecule has 49 heavy (non-hydrogen) atoms. The largest absolute Gasteiger partial charge is 0.463 e. The van der Waals surface area contributed by atoms with Crippen LogP contribution in [-0.2, 0) is 25.2 Å². The standard InChI is InChI=1S/C39H39F3N2O5/c1-4-48-37(47)38(2,3)49-36(46)34(29-10-6-5-7-11-29)44-24-22-27(23-25-44)26-16-20-31(21-17-26)43-35(45)33-13-9-8-12-32(33)28-14-18-30(19-15-28)39(40,41)42/h5-21,27,34H,4,22-25H2,1-3H3,(H,43,45). The van der Waals surface area contributed by atoms with Gasteiger partial charge in [0.1, 0.15) is 6.04 Å². The fourth-order valence-corrected chi connectivity index (χ4v) is 6.08. The van der Waals surface area contributed by atoms with Gasteiger partial charge in [-0.2, -0.15) is 13.2 Å². The molecule has 4 aromatic rings. The summed E-state index contributed by atoms with van der Waals surface area (Å²) < 4.78 is 50.0. The van der Waals surface area contributed by atoms with Crippen LogP contribution in [0, 0.1) is 0 Å². The second-order valence-corrected chi connectivity index (χ2v) is 12.5. The van der Waals surface area contributed by atoms with Crippen molar-refractivity contribution >= 4 is 23.5 Å². The molecule has 1 fully saturated rings. The summed E-state index contributed by atoms with van der Waals surface area (Å²) in [7, 11) is 0. The minimum absolute atomic E-state index is 0.183. The van der Waals surface area contributed by atoms with Crippen molar-refractivity contribution in [1.82, 2.24) is 4.90 Å². The maximum absolute atomic E-state index is 13.6. The lowest BCUT2D eigenvalue weighted by Crippen LogP contribution is -2.45. The third-order valence-corrected chi connectivity index (χ3v) is 8.69. The minimum atomic E-state index is -4.44. The zero-order valence-corrected chi connectivity index (χ0v) is 27.6. The zero-order valence-electron chi connectivity index (χ0n) is 27.6. The Hall–Kier alpha value is -4.96. The fourth-order valence-electron chi connectivity index (χ4n) is 6.08. The van der Waals surface area contributed by atoms with Crippen LogP contribution in [0.1, 0.15) is 72.6 Å². The van der Waals surface area contributed by atoms with E-state index >= 15 is 0 Å². The van der Waals surface area contributed by atoms with E-state index in [4.69, 9.17) is 9.47 Å². The molecule has 1 aliphatic heterocycles. The summed E-state index contributed by atoms with van der Waals surface area (Å²) in [5.41, 5.74) is 1.67. The molecule has 4 aromatic carbocycles. The van der Waals surface area contributed by atoms with E-state index in [2.05, 4.69) is 10.2 Å². The number of anilines is 1. The van der Waals surface area contributed by atoms with Gasteiger partial charge in [0.05, 0.1) is 12.2 Å². The van der Waals surface area contributed by atoms with Crippen molar-refractivity contribution in [2.24, 2.45) is 0 Å². The van der Waals surface area contributed by atoms with Gasteiger partial charge in [0.25, 0.3) is 5.91 Å². The first-order chi connectivity index (χ1) is 23.4. The van der Waals surface area contributed by atoms with Crippen LogP contribution in [0.3, 0.4) is 0 Å². The number of halogens is 3. The van der Waals surface area contributed by atoms with Gasteiger partial charge in [0, 0.05) is 11.3 Å². The lowest BCUT2D eigenvalue weighted by molar-refractivity contribution is -0.182. The second-order valence-electron chi connectivity index (χ2n) is 12.5. The Morgan fingerprint density at radius 2 is 1.45 bits per heavy atom. The number of benzene rings is 4. The summed E-state index contributed by atoms with van der Waals surface area (Å²) in [5, 5.41) is 2.91. The van der Waals surface area contributed by atoms with E-state index in [1.165, 1.54) is 26.0 Å². The van der Waals surface area contributed by atoms with Crippen LogP contribution in [0.25, 0.3) is 11.1 Å². The number of carbonyl (C=O) groups excluding carboxylic acids is 3. The number of nitrogens with zero attached hydrogens (tertiary/aromatic N) is 1. The number of hydrogen-bond acceptors (Lipinski definition) is 6. The van der Waals surface area contributed by atoms with Crippen molar-refractivity contribution in [1.29, 1.82) is 0 Å². The maximum Gasteiger partial charge on any atom is 0.416 e. The van der Waals surface area contributed by atoms with Gasteiger partial charge in [-0.3, -0.25) is 9.69 Å². The van der Waals surface area contributed by atoms with E-state index < -0.39 is 35.3 Å². The Bertz CT molecular complexity index is 1750. The molecule has 0 saturated carbocycles. The number of alkyl halides is 3. The van der Waals surface area contributed by atoms with Gasteiger partial charge in [-0.15, -0.1) is 0 Å². The monoisotopic (exact) mass is 672 g/mol. The number of hydrogen-bond donors (Lipinski definition) is 1. The molecule has 1 unspecified atom stereocenters. The molecule has 1 aliphatic rings. The van der Waals surface area contributed by atoms with Gasteiger partial charge >= 0.3 is 18.1 Å². The highest BCUT2D eigenvalue weighted by Crippen LogP contribution is 2.35. The molecule has 10 heteroatoms. The van der Waals surface area contributed by atoms with E-state index in [9.17, 15) is 27.6 Å². The Balaban J connectivity index is 1.23. The first-order valence-electron chi connectivity index (χ1n) is 16.2. The molecule has 0 spiro atoms. The molecule has 5 rings (SSSR count). The summed E-state index contributed by atoms with van der Waals surface area (Å²) in [6, 6.07) is 27.8. The predicted octanol–water partition coefficient (Wildman–Crippen LogP) is 8.43. The molecule has 1 amide bonds. The van der Waals surface area contributed by atoms with Gasteiger partial charge in [-0.1, -0.05) is 72.8 Å². The smallest absolute Gasteiger partial charge is 0.416 e. The normalized spacial score (nSPS) is 14.9. The molecule has 1 saturated heterocycles. The van der Waals surface area contributed by atoms with Crippen molar-refractivity contribution in [3.63, 3.8) is 0 Å². The summed E-state index contributed by atoms with van der Waals surface area (Å²) in [5.74, 6) is -1.26. The third kappa shape index (κ3) is 8.56. The van der Waals surface area contributed by atoms with Gasteiger partial charge in [-0.05, 0) is 105 Å². The SMILES string of the molecule is CCOC(=O)C(C)(C)OC(=O)C(c1ccccc1)N1CCC(c2ccc(NC(=O)c3ccccc3-c3ccc(C(F)(F)F)cc3)cc2)CC1. The molecule has 7 nitrogen and oxygen atoms in total. The van der Waals surface area contributed by atoms with Crippen LogP contribution < -0.4 is 5.32 Å². The molecule has 1 heterocycles. The van der Waals surface area contributed by atoms with E-state index in [1.807, 2.05) is 54.6 Å². The predicted molar refractivity (Wildman–Crippen MR) is 181 cm³/mol. The summed E-state index contributed by atoms with van der Waals surface area (Å²) in [6.07, 6.45) is -2.88. The number of likely N-dealkylation sites (tertiary alicyclic amines) is 1. The van der Waals surface area contributed by atoms with Crippen molar-refractivity contribution in [2.75, 3.05) is 25.0 Å². The van der Waals surface area contributed by atoms with Crippen molar-refractivity contribution in [3.8, 4) is 11.1 Å². The van der Waals surface area contributed by atoms with Crippen LogP contribution >= 0.6 is 0 Å². The molecule has 0 bridgehead atoms. The molecule has 1 N–H and O–H groups in total. The molecule has 0 radical (unpaired) electrons. The van der Waals surface area contributed by atoms with Crippen LogP contribution in [0.4, 0.5) is 18.9 Å². The van der Waals surface area contributed by atoms with Crippen molar-refractivity contribution < 1.29 is 37.0 Å². The van der Waals surface area contributed by atoms with Gasteiger partial charge in [-0.25, -0.2) is 9.59 Å². The lowest BCUT2D eigenvalue weighted by Gasteiger charge is -2.37. The highest BCUT2D eigenvalue weighted by atomic mass is 19.4. The van der Waals surface area contributed by atoms with Crippen LogP contribution in [0.15, 0.2) is 103 Å². The van der Waals surface area contributed by atoms with E-state index in [-0.39, 0.29) is 18.4 Å². The molecule has 256 valence electrons. The van der Waals surface area contributed by atoms with Crippen LogP contribution in [0.5, 0.6) is 0 Å². The number of esters is 2. The van der Waals surface area contributed by atoms with Crippen molar-refractivity contribution in [3.05, 3.63) is 125 Å². The number of carbonyl (C=O) groups is 3. The highest BCUT2D eigenvalue weighted by Gasteiger charge is 2.39. The number of rotatable bonds is 10. The lowest BCUT2D eigenvalue weighted by atomic mass is 9.88. The van der Waals surface area contributed by atoms with Gasteiger partial charge < -0.3 is 14.8 Å². The first-order valence-corrected chi connectivity index (χ1v) is 16.2. The number of amides is 1. The highest BCUT2D eigenvalue weighted by molar-refractivity contribution is 6.08. The molecular formula is C39H39F3N2O5. The topological polar surface area (TPSA) is 84.9 Å².